The van der Waals surface area contributed by atoms with Gasteiger partial charge in [0.05, 0.1) is 18.2 Å². The summed E-state index contributed by atoms with van der Waals surface area (Å²) in [6.07, 6.45) is -1.37. The summed E-state index contributed by atoms with van der Waals surface area (Å²) in [4.78, 5) is 0. The molecule has 4 nitrogen and oxygen atoms in total. The second kappa shape index (κ2) is 2.84. The maximum absolute atomic E-state index is 9.15. The van der Waals surface area contributed by atoms with E-state index in [2.05, 4.69) is 0 Å². The Kier molecular flexibility index (Phi) is 2.25. The molecule has 1 heterocycles. The highest BCUT2D eigenvalue weighted by Crippen LogP contribution is 2.16. The SMILES string of the molecule is C[C@H]1O[C@@H](O)[C@H](N)C[C@@H]1O. The van der Waals surface area contributed by atoms with Crippen LogP contribution in [0, 0.1) is 0 Å². The summed E-state index contributed by atoms with van der Waals surface area (Å²) in [5.74, 6) is 0. The summed E-state index contributed by atoms with van der Waals surface area (Å²) >= 11 is 0. The largest absolute Gasteiger partial charge is 0.390 e. The van der Waals surface area contributed by atoms with E-state index >= 15 is 0 Å². The Morgan fingerprint density at radius 3 is 2.60 bits per heavy atom. The van der Waals surface area contributed by atoms with Gasteiger partial charge < -0.3 is 20.7 Å². The molecule has 0 radical (unpaired) electrons. The third-order valence-electron chi connectivity index (χ3n) is 1.78. The van der Waals surface area contributed by atoms with Gasteiger partial charge >= 0.3 is 0 Å². The second-order valence-electron chi connectivity index (χ2n) is 2.70. The summed E-state index contributed by atoms with van der Waals surface area (Å²) < 4.78 is 4.89. The molecule has 10 heavy (non-hydrogen) atoms. The number of ether oxygens (including phenoxy) is 1. The Hall–Kier alpha value is -0.160. The Bertz CT molecular complexity index is 93.6. The molecule has 1 aliphatic heterocycles. The van der Waals surface area contributed by atoms with Crippen molar-refractivity contribution in [2.45, 2.75) is 37.9 Å². The first-order valence-corrected chi connectivity index (χ1v) is 3.38. The first-order valence-electron chi connectivity index (χ1n) is 3.38. The monoisotopic (exact) mass is 147 g/mol. The lowest BCUT2D eigenvalue weighted by Crippen LogP contribution is -2.49. The fraction of sp³-hybridized carbons (Fsp3) is 1.00. The first kappa shape index (κ1) is 7.94. The van der Waals surface area contributed by atoms with Crippen LogP contribution in [0.5, 0.6) is 0 Å². The van der Waals surface area contributed by atoms with Crippen molar-refractivity contribution in [2.75, 3.05) is 0 Å². The van der Waals surface area contributed by atoms with Crippen LogP contribution in [-0.2, 0) is 4.74 Å². The zero-order valence-corrected chi connectivity index (χ0v) is 5.90. The molecule has 0 aromatic heterocycles. The molecule has 60 valence electrons. The van der Waals surface area contributed by atoms with Gasteiger partial charge in [0.1, 0.15) is 0 Å². The van der Waals surface area contributed by atoms with Gasteiger partial charge in [-0.15, -0.1) is 0 Å². The molecule has 0 aromatic rings. The highest BCUT2D eigenvalue weighted by Gasteiger charge is 2.31. The fourth-order valence-corrected chi connectivity index (χ4v) is 0.998. The molecule has 0 aliphatic carbocycles. The minimum atomic E-state index is -0.918. The molecule has 1 fully saturated rings. The normalized spacial score (nSPS) is 49.2. The van der Waals surface area contributed by atoms with Crippen LogP contribution >= 0.6 is 0 Å². The van der Waals surface area contributed by atoms with E-state index in [0.29, 0.717) is 6.42 Å². The van der Waals surface area contributed by atoms with Crippen molar-refractivity contribution in [2.24, 2.45) is 5.73 Å². The molecule has 4 atom stereocenters. The molecule has 0 bridgehead atoms. The number of hydrogen-bond donors (Lipinski definition) is 3. The zero-order chi connectivity index (χ0) is 7.72. The van der Waals surface area contributed by atoms with Gasteiger partial charge in [-0.2, -0.15) is 0 Å². The van der Waals surface area contributed by atoms with Gasteiger partial charge in [0, 0.05) is 0 Å². The van der Waals surface area contributed by atoms with Gasteiger partial charge in [-0.3, -0.25) is 0 Å². The number of rotatable bonds is 0. The van der Waals surface area contributed by atoms with Crippen LogP contribution in [0.1, 0.15) is 13.3 Å². The van der Waals surface area contributed by atoms with Gasteiger partial charge in [-0.25, -0.2) is 0 Å². The van der Waals surface area contributed by atoms with Crippen molar-refractivity contribution in [3.05, 3.63) is 0 Å². The average molecular weight is 147 g/mol. The van der Waals surface area contributed by atoms with E-state index in [1.807, 2.05) is 0 Å². The summed E-state index contributed by atoms with van der Waals surface area (Å²) in [5.41, 5.74) is 5.40. The fourth-order valence-electron chi connectivity index (χ4n) is 0.998. The molecule has 0 aromatic carbocycles. The lowest BCUT2D eigenvalue weighted by Gasteiger charge is -2.33. The third-order valence-corrected chi connectivity index (χ3v) is 1.78. The highest BCUT2D eigenvalue weighted by molar-refractivity contribution is 4.79. The van der Waals surface area contributed by atoms with Crippen LogP contribution in [0.2, 0.25) is 0 Å². The number of aliphatic hydroxyl groups is 2. The molecule has 0 amide bonds. The molecular formula is C6H13NO3. The van der Waals surface area contributed by atoms with Gasteiger partial charge in [-0.1, -0.05) is 0 Å². The van der Waals surface area contributed by atoms with E-state index in [9.17, 15) is 0 Å². The average Bonchev–Trinajstić information content (AvgIpc) is 1.84. The Morgan fingerprint density at radius 2 is 2.10 bits per heavy atom. The maximum atomic E-state index is 9.15. The number of aliphatic hydroxyl groups excluding tert-OH is 2. The molecular weight excluding hydrogens is 134 g/mol. The van der Waals surface area contributed by atoms with Gasteiger partial charge in [0.2, 0.25) is 0 Å². The lowest BCUT2D eigenvalue weighted by molar-refractivity contribution is -0.201. The molecule has 4 N–H and O–H groups in total. The van der Waals surface area contributed by atoms with E-state index in [1.54, 1.807) is 6.92 Å². The van der Waals surface area contributed by atoms with Crippen LogP contribution in [-0.4, -0.2) is 34.8 Å². The molecule has 1 aliphatic rings. The van der Waals surface area contributed by atoms with E-state index in [0.717, 1.165) is 0 Å². The molecule has 0 spiro atoms. The Balaban J connectivity index is 2.46. The Morgan fingerprint density at radius 1 is 1.50 bits per heavy atom. The lowest BCUT2D eigenvalue weighted by atomic mass is 10.0. The zero-order valence-electron chi connectivity index (χ0n) is 5.90. The Labute approximate surface area is 59.6 Å². The molecule has 1 saturated heterocycles. The summed E-state index contributed by atoms with van der Waals surface area (Å²) in [6, 6.07) is -0.453. The summed E-state index contributed by atoms with van der Waals surface area (Å²) in [7, 11) is 0. The molecule has 0 saturated carbocycles. The third kappa shape index (κ3) is 1.46. The highest BCUT2D eigenvalue weighted by atomic mass is 16.6. The molecule has 0 unspecified atom stereocenters. The standard InChI is InChI=1S/C6H13NO3/c1-3-5(8)2-4(7)6(9)10-3/h3-6,8-9H,2,7H2,1H3/t3-,4-,5+,6-/m1/s1. The van der Waals surface area contributed by atoms with E-state index < -0.39 is 18.4 Å². The predicted molar refractivity (Wildman–Crippen MR) is 35.2 cm³/mol. The maximum Gasteiger partial charge on any atom is 0.170 e. The topological polar surface area (TPSA) is 75.7 Å². The van der Waals surface area contributed by atoms with Crippen molar-refractivity contribution < 1.29 is 14.9 Å². The smallest absolute Gasteiger partial charge is 0.170 e. The number of hydrogen-bond acceptors (Lipinski definition) is 4. The van der Waals surface area contributed by atoms with Crippen molar-refractivity contribution in [1.82, 2.24) is 0 Å². The van der Waals surface area contributed by atoms with Crippen molar-refractivity contribution in [3.8, 4) is 0 Å². The van der Waals surface area contributed by atoms with Crippen molar-refractivity contribution >= 4 is 0 Å². The first-order chi connectivity index (χ1) is 4.61. The predicted octanol–water partition coefficient (Wildman–Crippen LogP) is -1.20. The van der Waals surface area contributed by atoms with Crippen LogP contribution in [0.4, 0.5) is 0 Å². The minimum Gasteiger partial charge on any atom is -0.390 e. The van der Waals surface area contributed by atoms with E-state index in [-0.39, 0.29) is 6.10 Å². The second-order valence-corrected chi connectivity index (χ2v) is 2.70. The number of nitrogens with two attached hydrogens (primary N) is 1. The van der Waals surface area contributed by atoms with Crippen LogP contribution in [0.15, 0.2) is 0 Å². The van der Waals surface area contributed by atoms with Crippen LogP contribution in [0.25, 0.3) is 0 Å². The summed E-state index contributed by atoms with van der Waals surface area (Å²) in [6.45, 7) is 1.71. The molecule has 4 heteroatoms. The van der Waals surface area contributed by atoms with Crippen LogP contribution < -0.4 is 5.73 Å². The van der Waals surface area contributed by atoms with Crippen LogP contribution in [0.3, 0.4) is 0 Å². The van der Waals surface area contributed by atoms with Gasteiger partial charge in [0.25, 0.3) is 0 Å². The van der Waals surface area contributed by atoms with E-state index in [1.165, 1.54) is 0 Å². The van der Waals surface area contributed by atoms with Gasteiger partial charge in [0.15, 0.2) is 6.29 Å². The minimum absolute atomic E-state index is 0.310. The summed E-state index contributed by atoms with van der Waals surface area (Å²) in [5, 5.41) is 18.2. The van der Waals surface area contributed by atoms with Crippen molar-refractivity contribution in [1.29, 1.82) is 0 Å². The quantitative estimate of drug-likeness (QED) is 0.402. The van der Waals surface area contributed by atoms with Gasteiger partial charge in [-0.05, 0) is 13.3 Å². The van der Waals surface area contributed by atoms with E-state index in [4.69, 9.17) is 20.7 Å². The molecule has 1 rings (SSSR count). The van der Waals surface area contributed by atoms with Crippen molar-refractivity contribution in [3.63, 3.8) is 0 Å².